The molecule has 2 amide bonds. The van der Waals surface area contributed by atoms with Crippen LogP contribution < -0.4 is 0 Å². The van der Waals surface area contributed by atoms with E-state index in [9.17, 15) is 14.0 Å². The van der Waals surface area contributed by atoms with Gasteiger partial charge >= 0.3 is 0 Å². The molecule has 0 fully saturated rings. The molecule has 1 N–H and O–H groups in total. The predicted molar refractivity (Wildman–Crippen MR) is 135 cm³/mol. The summed E-state index contributed by atoms with van der Waals surface area (Å²) in [5, 5.41) is 1.14. The topological polar surface area (TPSA) is 56.4 Å². The van der Waals surface area contributed by atoms with E-state index in [-0.39, 0.29) is 30.2 Å². The molecule has 34 heavy (non-hydrogen) atoms. The van der Waals surface area contributed by atoms with Crippen molar-refractivity contribution in [3.63, 3.8) is 0 Å². The highest BCUT2D eigenvalue weighted by Crippen LogP contribution is 2.19. The van der Waals surface area contributed by atoms with Crippen LogP contribution in [-0.4, -0.2) is 45.7 Å². The summed E-state index contributed by atoms with van der Waals surface area (Å²) in [6, 6.07) is 14.3. The lowest BCUT2D eigenvalue weighted by Crippen LogP contribution is -2.46. The summed E-state index contributed by atoms with van der Waals surface area (Å²) in [7, 11) is 0. The van der Waals surface area contributed by atoms with Crippen LogP contribution in [0.5, 0.6) is 0 Å². The number of aromatic amines is 1. The molecule has 0 aliphatic rings. The smallest absolute Gasteiger partial charge is 0.242 e. The van der Waals surface area contributed by atoms with Crippen molar-refractivity contribution in [2.45, 2.75) is 65.5 Å². The number of amides is 2. The Hall–Kier alpha value is -3.15. The SMILES string of the molecule is CCCCCC(=O)N(CC(=O)N(CCc1c[nH]c2ccccc12)Cc1ccc(F)cc1)C(C)C. The Kier molecular flexibility index (Phi) is 9.25. The van der Waals surface area contributed by atoms with E-state index >= 15 is 0 Å². The van der Waals surface area contributed by atoms with E-state index in [0.717, 1.165) is 41.3 Å². The molecule has 5 nitrogen and oxygen atoms in total. The fourth-order valence-corrected chi connectivity index (χ4v) is 4.17. The molecule has 0 saturated carbocycles. The fraction of sp³-hybridized carbons (Fsp3) is 0.429. The van der Waals surface area contributed by atoms with E-state index in [1.54, 1.807) is 21.9 Å². The minimum absolute atomic E-state index is 0.0233. The molecule has 3 aromatic rings. The fourth-order valence-electron chi connectivity index (χ4n) is 4.17. The van der Waals surface area contributed by atoms with Crippen LogP contribution in [0.3, 0.4) is 0 Å². The molecule has 0 spiro atoms. The average Bonchev–Trinajstić information content (AvgIpc) is 3.24. The first-order chi connectivity index (χ1) is 16.4. The van der Waals surface area contributed by atoms with Crippen LogP contribution in [-0.2, 0) is 22.6 Å². The summed E-state index contributed by atoms with van der Waals surface area (Å²) in [6.45, 7) is 6.93. The number of nitrogens with zero attached hydrogens (tertiary/aromatic N) is 2. The van der Waals surface area contributed by atoms with Gasteiger partial charge in [0.25, 0.3) is 0 Å². The van der Waals surface area contributed by atoms with Crippen LogP contribution in [0.15, 0.2) is 54.7 Å². The number of H-pyrrole nitrogens is 1. The molecule has 0 saturated heterocycles. The molecule has 0 unspecified atom stereocenters. The van der Waals surface area contributed by atoms with Crippen molar-refractivity contribution in [1.29, 1.82) is 0 Å². The highest BCUT2D eigenvalue weighted by atomic mass is 19.1. The third-order valence-corrected chi connectivity index (χ3v) is 6.21. The Morgan fingerprint density at radius 3 is 2.44 bits per heavy atom. The van der Waals surface area contributed by atoms with E-state index in [1.165, 1.54) is 12.1 Å². The van der Waals surface area contributed by atoms with Crippen molar-refractivity contribution in [3.05, 3.63) is 71.7 Å². The zero-order chi connectivity index (χ0) is 24.5. The van der Waals surface area contributed by atoms with Gasteiger partial charge in [0.05, 0.1) is 6.54 Å². The molecule has 3 rings (SSSR count). The van der Waals surface area contributed by atoms with Crippen LogP contribution in [0.2, 0.25) is 0 Å². The molecule has 0 aliphatic heterocycles. The van der Waals surface area contributed by atoms with Crippen molar-refractivity contribution < 1.29 is 14.0 Å². The first kappa shape index (κ1) is 25.5. The second kappa shape index (κ2) is 12.4. The van der Waals surface area contributed by atoms with E-state index < -0.39 is 0 Å². The van der Waals surface area contributed by atoms with Gasteiger partial charge in [-0.1, -0.05) is 50.1 Å². The maximum atomic E-state index is 13.4. The van der Waals surface area contributed by atoms with Gasteiger partial charge in [0.15, 0.2) is 0 Å². The van der Waals surface area contributed by atoms with Gasteiger partial charge in [0, 0.05) is 42.7 Å². The lowest BCUT2D eigenvalue weighted by atomic mass is 10.1. The second-order valence-electron chi connectivity index (χ2n) is 9.12. The third kappa shape index (κ3) is 6.92. The van der Waals surface area contributed by atoms with Gasteiger partial charge in [0.1, 0.15) is 5.82 Å². The summed E-state index contributed by atoms with van der Waals surface area (Å²) in [5.41, 5.74) is 3.07. The summed E-state index contributed by atoms with van der Waals surface area (Å²) in [6.07, 6.45) is 6.03. The summed E-state index contributed by atoms with van der Waals surface area (Å²) >= 11 is 0. The van der Waals surface area contributed by atoms with Gasteiger partial charge in [-0.2, -0.15) is 0 Å². The Labute approximate surface area is 201 Å². The molecule has 0 radical (unpaired) electrons. The van der Waals surface area contributed by atoms with E-state index in [2.05, 4.69) is 18.0 Å². The Morgan fingerprint density at radius 1 is 1.00 bits per heavy atom. The zero-order valence-corrected chi connectivity index (χ0v) is 20.5. The molecule has 1 heterocycles. The summed E-state index contributed by atoms with van der Waals surface area (Å²) in [5.74, 6) is -0.374. The van der Waals surface area contributed by atoms with Crippen molar-refractivity contribution in [2.75, 3.05) is 13.1 Å². The van der Waals surface area contributed by atoms with Crippen molar-refractivity contribution >= 4 is 22.7 Å². The van der Waals surface area contributed by atoms with Gasteiger partial charge in [-0.25, -0.2) is 4.39 Å². The number of hydrogen-bond acceptors (Lipinski definition) is 2. The van der Waals surface area contributed by atoms with Crippen LogP contribution >= 0.6 is 0 Å². The molecule has 0 aliphatic carbocycles. The maximum absolute atomic E-state index is 13.4. The molecule has 1 aromatic heterocycles. The lowest BCUT2D eigenvalue weighted by Gasteiger charge is -2.30. The summed E-state index contributed by atoms with van der Waals surface area (Å²) in [4.78, 5) is 33.0. The van der Waals surface area contributed by atoms with E-state index in [4.69, 9.17) is 0 Å². The van der Waals surface area contributed by atoms with Gasteiger partial charge in [0.2, 0.25) is 11.8 Å². The van der Waals surface area contributed by atoms with E-state index in [1.807, 2.05) is 38.2 Å². The Morgan fingerprint density at radius 2 is 1.74 bits per heavy atom. The number of carbonyl (C=O) groups is 2. The molecule has 0 bridgehead atoms. The van der Waals surface area contributed by atoms with Crippen LogP contribution in [0.25, 0.3) is 10.9 Å². The Bertz CT molecular complexity index is 1070. The maximum Gasteiger partial charge on any atom is 0.242 e. The van der Waals surface area contributed by atoms with Gasteiger partial charge in [-0.15, -0.1) is 0 Å². The highest BCUT2D eigenvalue weighted by molar-refractivity contribution is 5.85. The number of aromatic nitrogens is 1. The number of halogens is 1. The van der Waals surface area contributed by atoms with E-state index in [0.29, 0.717) is 25.9 Å². The quantitative estimate of drug-likeness (QED) is 0.349. The number of benzene rings is 2. The number of nitrogens with one attached hydrogen (secondary N) is 1. The van der Waals surface area contributed by atoms with Crippen molar-refractivity contribution in [1.82, 2.24) is 14.8 Å². The number of unbranched alkanes of at least 4 members (excludes halogenated alkanes) is 2. The van der Waals surface area contributed by atoms with Crippen molar-refractivity contribution in [2.24, 2.45) is 0 Å². The summed E-state index contributed by atoms with van der Waals surface area (Å²) < 4.78 is 13.4. The monoisotopic (exact) mass is 465 g/mol. The average molecular weight is 466 g/mol. The minimum atomic E-state index is -0.302. The first-order valence-corrected chi connectivity index (χ1v) is 12.3. The number of carbonyl (C=O) groups excluding carboxylic acids is 2. The molecule has 6 heteroatoms. The minimum Gasteiger partial charge on any atom is -0.361 e. The van der Waals surface area contributed by atoms with Crippen LogP contribution in [0.4, 0.5) is 4.39 Å². The second-order valence-corrected chi connectivity index (χ2v) is 9.12. The first-order valence-electron chi connectivity index (χ1n) is 12.3. The zero-order valence-electron chi connectivity index (χ0n) is 20.5. The number of rotatable bonds is 12. The highest BCUT2D eigenvalue weighted by Gasteiger charge is 2.23. The number of para-hydroxylation sites is 1. The number of hydrogen-bond donors (Lipinski definition) is 1. The van der Waals surface area contributed by atoms with Gasteiger partial charge in [-0.3, -0.25) is 9.59 Å². The Balaban J connectivity index is 1.74. The van der Waals surface area contributed by atoms with Crippen molar-refractivity contribution in [3.8, 4) is 0 Å². The lowest BCUT2D eigenvalue weighted by molar-refractivity contribution is -0.142. The van der Waals surface area contributed by atoms with Crippen LogP contribution in [0.1, 0.15) is 57.6 Å². The standard InChI is InChI=1S/C28H36FN3O2/c1-4-5-6-11-27(33)32(21(2)3)20-28(34)31(19-22-12-14-24(29)15-13-22)17-16-23-18-30-26-10-8-7-9-25(23)26/h7-10,12-15,18,21,30H,4-6,11,16-17,19-20H2,1-3H3. The van der Waals surface area contributed by atoms with Crippen LogP contribution in [0, 0.1) is 5.82 Å². The number of fused-ring (bicyclic) bond motifs is 1. The van der Waals surface area contributed by atoms with Gasteiger partial charge in [-0.05, 0) is 56.0 Å². The molecular formula is C28H36FN3O2. The molecule has 2 aromatic carbocycles. The third-order valence-electron chi connectivity index (χ3n) is 6.21. The molecular weight excluding hydrogens is 429 g/mol. The largest absolute Gasteiger partial charge is 0.361 e. The molecule has 182 valence electrons. The normalized spacial score (nSPS) is 11.2. The molecule has 0 atom stereocenters. The predicted octanol–water partition coefficient (Wildman–Crippen LogP) is 5.70. The van der Waals surface area contributed by atoms with Gasteiger partial charge < -0.3 is 14.8 Å².